The van der Waals surface area contributed by atoms with Crippen LogP contribution < -0.4 is 10.5 Å². The number of benzene rings is 1. The zero-order valence-corrected chi connectivity index (χ0v) is 11.1. The van der Waals surface area contributed by atoms with E-state index in [0.717, 1.165) is 43.8 Å². The topological polar surface area (TPSA) is 44.5 Å². The Morgan fingerprint density at radius 1 is 1.39 bits per heavy atom. The first-order valence-electron chi connectivity index (χ1n) is 6.89. The van der Waals surface area contributed by atoms with Crippen LogP contribution >= 0.6 is 0 Å². The van der Waals surface area contributed by atoms with Crippen molar-refractivity contribution in [2.24, 2.45) is 5.73 Å². The van der Waals surface area contributed by atoms with Crippen molar-refractivity contribution in [3.8, 4) is 5.75 Å². The Labute approximate surface area is 109 Å². The van der Waals surface area contributed by atoms with E-state index in [4.69, 9.17) is 15.2 Å². The number of nitrogens with two attached hydrogens (primary N) is 1. The van der Waals surface area contributed by atoms with Crippen molar-refractivity contribution in [1.29, 1.82) is 0 Å². The highest BCUT2D eigenvalue weighted by Gasteiger charge is 2.19. The van der Waals surface area contributed by atoms with Crippen molar-refractivity contribution in [2.75, 3.05) is 13.2 Å². The first-order chi connectivity index (χ1) is 8.79. The van der Waals surface area contributed by atoms with Crippen LogP contribution in [0.5, 0.6) is 5.75 Å². The van der Waals surface area contributed by atoms with E-state index in [-0.39, 0.29) is 6.04 Å². The van der Waals surface area contributed by atoms with Gasteiger partial charge in [-0.25, -0.2) is 0 Å². The number of rotatable bonds is 6. The van der Waals surface area contributed by atoms with Gasteiger partial charge in [0.05, 0.1) is 12.7 Å². The molecule has 0 amide bonds. The van der Waals surface area contributed by atoms with E-state index in [0.29, 0.717) is 6.10 Å². The molecule has 2 N–H and O–H groups in total. The number of ether oxygens (including phenoxy) is 2. The van der Waals surface area contributed by atoms with Crippen molar-refractivity contribution in [2.45, 2.75) is 44.8 Å². The zero-order valence-electron chi connectivity index (χ0n) is 11.1. The van der Waals surface area contributed by atoms with Crippen molar-refractivity contribution < 1.29 is 9.47 Å². The number of hydrogen-bond acceptors (Lipinski definition) is 3. The average Bonchev–Trinajstić information content (AvgIpc) is 2.89. The molecular weight excluding hydrogens is 226 g/mol. The maximum atomic E-state index is 6.20. The molecule has 1 aromatic carbocycles. The van der Waals surface area contributed by atoms with Gasteiger partial charge in [-0.1, -0.05) is 19.1 Å². The third-order valence-electron chi connectivity index (χ3n) is 3.32. The van der Waals surface area contributed by atoms with Crippen LogP contribution in [0.1, 0.15) is 44.2 Å². The highest BCUT2D eigenvalue weighted by Crippen LogP contribution is 2.24. The van der Waals surface area contributed by atoms with Crippen LogP contribution in [-0.2, 0) is 4.74 Å². The molecule has 3 nitrogen and oxygen atoms in total. The molecule has 1 aromatic rings. The van der Waals surface area contributed by atoms with E-state index < -0.39 is 0 Å². The summed E-state index contributed by atoms with van der Waals surface area (Å²) in [6, 6.07) is 8.18. The zero-order chi connectivity index (χ0) is 12.8. The predicted molar refractivity (Wildman–Crippen MR) is 72.7 cm³/mol. The molecule has 0 bridgehead atoms. The summed E-state index contributed by atoms with van der Waals surface area (Å²) < 4.78 is 11.2. The van der Waals surface area contributed by atoms with Gasteiger partial charge in [-0.2, -0.15) is 0 Å². The van der Waals surface area contributed by atoms with E-state index in [1.807, 2.05) is 12.1 Å². The van der Waals surface area contributed by atoms with Crippen LogP contribution in [0.4, 0.5) is 0 Å². The SMILES string of the molecule is CCCOc1ccc(C(N)CC2CCCO2)cc1. The van der Waals surface area contributed by atoms with Crippen molar-refractivity contribution in [1.82, 2.24) is 0 Å². The Morgan fingerprint density at radius 2 is 2.17 bits per heavy atom. The first-order valence-corrected chi connectivity index (χ1v) is 6.89. The molecule has 1 fully saturated rings. The Hall–Kier alpha value is -1.06. The normalized spacial score (nSPS) is 20.9. The molecule has 0 radical (unpaired) electrons. The second-order valence-electron chi connectivity index (χ2n) is 4.89. The molecule has 1 saturated heterocycles. The first kappa shape index (κ1) is 13.4. The fourth-order valence-electron chi connectivity index (χ4n) is 2.28. The van der Waals surface area contributed by atoms with E-state index in [1.165, 1.54) is 6.42 Å². The summed E-state index contributed by atoms with van der Waals surface area (Å²) >= 11 is 0. The smallest absolute Gasteiger partial charge is 0.119 e. The monoisotopic (exact) mass is 249 g/mol. The van der Waals surface area contributed by atoms with Gasteiger partial charge in [-0.05, 0) is 43.4 Å². The summed E-state index contributed by atoms with van der Waals surface area (Å²) in [4.78, 5) is 0. The Bertz CT molecular complexity index is 344. The Kier molecular flexibility index (Phi) is 5.02. The average molecular weight is 249 g/mol. The maximum Gasteiger partial charge on any atom is 0.119 e. The van der Waals surface area contributed by atoms with Gasteiger partial charge in [0, 0.05) is 12.6 Å². The van der Waals surface area contributed by atoms with Gasteiger partial charge in [0.1, 0.15) is 5.75 Å². The van der Waals surface area contributed by atoms with E-state index in [2.05, 4.69) is 19.1 Å². The molecule has 100 valence electrons. The van der Waals surface area contributed by atoms with Crippen LogP contribution in [0.15, 0.2) is 24.3 Å². The Balaban J connectivity index is 1.87. The van der Waals surface area contributed by atoms with Crippen molar-refractivity contribution >= 4 is 0 Å². The maximum absolute atomic E-state index is 6.20. The van der Waals surface area contributed by atoms with Crippen LogP contribution in [0.3, 0.4) is 0 Å². The van der Waals surface area contributed by atoms with E-state index in [1.54, 1.807) is 0 Å². The standard InChI is InChI=1S/C15H23NO2/c1-2-9-17-13-7-5-12(6-8-13)15(16)11-14-4-3-10-18-14/h5-8,14-15H,2-4,9-11,16H2,1H3. The third-order valence-corrected chi connectivity index (χ3v) is 3.32. The highest BCUT2D eigenvalue weighted by atomic mass is 16.5. The summed E-state index contributed by atoms with van der Waals surface area (Å²) in [6.07, 6.45) is 4.60. The summed E-state index contributed by atoms with van der Waals surface area (Å²) in [5, 5.41) is 0. The Morgan fingerprint density at radius 3 is 2.78 bits per heavy atom. The molecule has 0 saturated carbocycles. The molecule has 2 atom stereocenters. The van der Waals surface area contributed by atoms with Crippen LogP contribution in [0.2, 0.25) is 0 Å². The fraction of sp³-hybridized carbons (Fsp3) is 0.600. The van der Waals surface area contributed by atoms with Gasteiger partial charge in [-0.3, -0.25) is 0 Å². The molecule has 2 unspecified atom stereocenters. The molecule has 1 heterocycles. The lowest BCUT2D eigenvalue weighted by molar-refractivity contribution is 0.0983. The molecule has 18 heavy (non-hydrogen) atoms. The second kappa shape index (κ2) is 6.76. The summed E-state index contributed by atoms with van der Waals surface area (Å²) in [6.45, 7) is 3.76. The van der Waals surface area contributed by atoms with Gasteiger partial charge in [0.25, 0.3) is 0 Å². The molecule has 2 rings (SSSR count). The largest absolute Gasteiger partial charge is 0.494 e. The minimum absolute atomic E-state index is 0.0633. The third kappa shape index (κ3) is 3.72. The predicted octanol–water partition coefficient (Wildman–Crippen LogP) is 3.04. The molecule has 1 aliphatic heterocycles. The molecule has 1 aliphatic rings. The van der Waals surface area contributed by atoms with Gasteiger partial charge in [0.15, 0.2) is 0 Å². The van der Waals surface area contributed by atoms with Crippen molar-refractivity contribution in [3.63, 3.8) is 0 Å². The molecule has 0 aliphatic carbocycles. The fourth-order valence-corrected chi connectivity index (χ4v) is 2.28. The van der Waals surface area contributed by atoms with Crippen molar-refractivity contribution in [3.05, 3.63) is 29.8 Å². The quantitative estimate of drug-likeness (QED) is 0.842. The minimum Gasteiger partial charge on any atom is -0.494 e. The van der Waals surface area contributed by atoms with Gasteiger partial charge in [-0.15, -0.1) is 0 Å². The lowest BCUT2D eigenvalue weighted by atomic mass is 10.0. The van der Waals surface area contributed by atoms with Crippen LogP contribution in [0, 0.1) is 0 Å². The van der Waals surface area contributed by atoms with Gasteiger partial charge >= 0.3 is 0 Å². The molecular formula is C15H23NO2. The minimum atomic E-state index is 0.0633. The lowest BCUT2D eigenvalue weighted by Crippen LogP contribution is -2.18. The molecule has 0 spiro atoms. The van der Waals surface area contributed by atoms with E-state index in [9.17, 15) is 0 Å². The van der Waals surface area contributed by atoms with Gasteiger partial charge < -0.3 is 15.2 Å². The number of hydrogen-bond donors (Lipinski definition) is 1. The summed E-state index contributed by atoms with van der Waals surface area (Å²) in [5.74, 6) is 0.921. The highest BCUT2D eigenvalue weighted by molar-refractivity contribution is 5.29. The van der Waals surface area contributed by atoms with Crippen LogP contribution in [-0.4, -0.2) is 19.3 Å². The summed E-state index contributed by atoms with van der Waals surface area (Å²) in [5.41, 5.74) is 7.37. The lowest BCUT2D eigenvalue weighted by Gasteiger charge is -2.16. The molecule has 0 aromatic heterocycles. The van der Waals surface area contributed by atoms with Crippen LogP contribution in [0.25, 0.3) is 0 Å². The van der Waals surface area contributed by atoms with E-state index >= 15 is 0 Å². The summed E-state index contributed by atoms with van der Waals surface area (Å²) in [7, 11) is 0. The van der Waals surface area contributed by atoms with Gasteiger partial charge in [0.2, 0.25) is 0 Å². The molecule has 3 heteroatoms. The second-order valence-corrected chi connectivity index (χ2v) is 4.89.